The Kier molecular flexibility index (Phi) is 1.82. The summed E-state index contributed by atoms with van der Waals surface area (Å²) >= 11 is 0. The van der Waals surface area contributed by atoms with Gasteiger partial charge < -0.3 is 0 Å². The van der Waals surface area contributed by atoms with Crippen LogP contribution in [0, 0.1) is 6.92 Å². The van der Waals surface area contributed by atoms with Gasteiger partial charge in [-0.25, -0.2) is 9.97 Å². The van der Waals surface area contributed by atoms with Crippen LogP contribution in [0.2, 0.25) is 0 Å². The predicted octanol–water partition coefficient (Wildman–Crippen LogP) is 1.73. The summed E-state index contributed by atoms with van der Waals surface area (Å²) < 4.78 is 0. The molecule has 0 aliphatic carbocycles. The monoisotopic (exact) mass is 135 g/mol. The zero-order chi connectivity index (χ0) is 7.40. The van der Waals surface area contributed by atoms with Crippen molar-refractivity contribution in [2.24, 2.45) is 5.11 Å². The van der Waals surface area contributed by atoms with E-state index in [1.165, 1.54) is 6.33 Å². The lowest BCUT2D eigenvalue weighted by Crippen LogP contribution is -1.79. The minimum Gasteiger partial charge on any atom is -0.245 e. The van der Waals surface area contributed by atoms with Gasteiger partial charge in [-0.2, -0.15) is 0 Å². The van der Waals surface area contributed by atoms with E-state index in [2.05, 4.69) is 20.0 Å². The Bertz CT molecular complexity index is 275. The van der Waals surface area contributed by atoms with Gasteiger partial charge in [-0.15, -0.1) is 0 Å². The predicted molar refractivity (Wildman–Crippen MR) is 35.6 cm³/mol. The van der Waals surface area contributed by atoms with E-state index in [9.17, 15) is 0 Å². The van der Waals surface area contributed by atoms with Gasteiger partial charge in [0, 0.05) is 11.1 Å². The second-order valence-electron chi connectivity index (χ2n) is 1.72. The maximum Gasteiger partial charge on any atom is 0.133 e. The first-order valence-corrected chi connectivity index (χ1v) is 2.66. The summed E-state index contributed by atoms with van der Waals surface area (Å²) in [7, 11) is 0. The number of aromatic nitrogens is 2. The lowest BCUT2D eigenvalue weighted by atomic mass is 10.4. The highest BCUT2D eigenvalue weighted by Crippen LogP contribution is 2.10. The summed E-state index contributed by atoms with van der Waals surface area (Å²) in [5.41, 5.74) is 8.82. The van der Waals surface area contributed by atoms with Gasteiger partial charge in [-0.1, -0.05) is 0 Å². The minimum atomic E-state index is 0.387. The van der Waals surface area contributed by atoms with Crippen molar-refractivity contribution >= 4 is 5.82 Å². The van der Waals surface area contributed by atoms with Crippen LogP contribution < -0.4 is 0 Å². The largest absolute Gasteiger partial charge is 0.245 e. The van der Waals surface area contributed by atoms with Crippen molar-refractivity contribution in [3.8, 4) is 0 Å². The summed E-state index contributed by atoms with van der Waals surface area (Å²) in [5.74, 6) is 0.387. The molecule has 0 amide bonds. The summed E-state index contributed by atoms with van der Waals surface area (Å²) in [6.45, 7) is 1.78. The molecule has 50 valence electrons. The molecule has 0 aliphatic rings. The zero-order valence-electron chi connectivity index (χ0n) is 5.39. The molecule has 0 saturated heterocycles. The quantitative estimate of drug-likeness (QED) is 0.334. The molecule has 0 spiro atoms. The summed E-state index contributed by atoms with van der Waals surface area (Å²) in [4.78, 5) is 10.1. The number of rotatable bonds is 1. The Morgan fingerprint density at radius 1 is 1.70 bits per heavy atom. The molecule has 0 aromatic carbocycles. The van der Waals surface area contributed by atoms with E-state index >= 15 is 0 Å². The van der Waals surface area contributed by atoms with Crippen molar-refractivity contribution in [2.45, 2.75) is 6.92 Å². The molecule has 0 saturated carbocycles. The highest BCUT2D eigenvalue weighted by molar-refractivity contribution is 5.33. The smallest absolute Gasteiger partial charge is 0.133 e. The van der Waals surface area contributed by atoms with Gasteiger partial charge in [0.25, 0.3) is 0 Å². The lowest BCUT2D eigenvalue weighted by Gasteiger charge is -1.91. The van der Waals surface area contributed by atoms with Crippen LogP contribution in [0.25, 0.3) is 10.4 Å². The fraction of sp³-hybridized carbons (Fsp3) is 0.200. The topological polar surface area (TPSA) is 74.5 Å². The van der Waals surface area contributed by atoms with Gasteiger partial charge >= 0.3 is 0 Å². The van der Waals surface area contributed by atoms with Crippen molar-refractivity contribution < 1.29 is 0 Å². The van der Waals surface area contributed by atoms with Crippen LogP contribution in [-0.4, -0.2) is 9.97 Å². The van der Waals surface area contributed by atoms with E-state index in [1.807, 2.05) is 0 Å². The molecule has 5 heteroatoms. The third-order valence-corrected chi connectivity index (χ3v) is 1.01. The van der Waals surface area contributed by atoms with Crippen LogP contribution in [0.1, 0.15) is 5.56 Å². The van der Waals surface area contributed by atoms with E-state index < -0.39 is 0 Å². The van der Waals surface area contributed by atoms with Crippen LogP contribution in [0.15, 0.2) is 17.6 Å². The van der Waals surface area contributed by atoms with E-state index in [0.29, 0.717) is 5.82 Å². The SMILES string of the molecule is Cc1cncnc1N=[N+]=[N-]. The Morgan fingerprint density at radius 3 is 3.10 bits per heavy atom. The van der Waals surface area contributed by atoms with E-state index in [1.54, 1.807) is 13.1 Å². The highest BCUT2D eigenvalue weighted by atomic mass is 15.2. The van der Waals surface area contributed by atoms with Crippen molar-refractivity contribution in [1.82, 2.24) is 9.97 Å². The number of azide groups is 1. The fourth-order valence-corrected chi connectivity index (χ4v) is 0.540. The standard InChI is InChI=1S/C5H5N5/c1-4-2-7-3-8-5(4)9-10-6/h2-3H,1H3. The molecule has 1 heterocycles. The summed E-state index contributed by atoms with van der Waals surface area (Å²) in [5, 5.41) is 3.34. The minimum absolute atomic E-state index is 0.387. The van der Waals surface area contributed by atoms with Crippen LogP contribution >= 0.6 is 0 Å². The normalized spacial score (nSPS) is 8.50. The Morgan fingerprint density at radius 2 is 2.50 bits per heavy atom. The van der Waals surface area contributed by atoms with Gasteiger partial charge in [0.2, 0.25) is 0 Å². The molecule has 1 aromatic heterocycles. The Balaban J connectivity index is 3.14. The van der Waals surface area contributed by atoms with Gasteiger partial charge in [0.15, 0.2) is 0 Å². The maximum atomic E-state index is 8.04. The number of hydrogen-bond acceptors (Lipinski definition) is 3. The molecular weight excluding hydrogens is 130 g/mol. The molecule has 1 aromatic rings. The van der Waals surface area contributed by atoms with E-state index in [0.717, 1.165) is 5.56 Å². The van der Waals surface area contributed by atoms with Crippen LogP contribution in [0.4, 0.5) is 5.82 Å². The van der Waals surface area contributed by atoms with E-state index in [-0.39, 0.29) is 0 Å². The second-order valence-corrected chi connectivity index (χ2v) is 1.72. The molecule has 0 radical (unpaired) electrons. The van der Waals surface area contributed by atoms with E-state index in [4.69, 9.17) is 5.53 Å². The van der Waals surface area contributed by atoms with Gasteiger partial charge in [-0.05, 0) is 23.1 Å². The van der Waals surface area contributed by atoms with Crippen LogP contribution in [-0.2, 0) is 0 Å². The van der Waals surface area contributed by atoms with Crippen molar-refractivity contribution in [1.29, 1.82) is 0 Å². The van der Waals surface area contributed by atoms with Gasteiger partial charge in [0.05, 0.1) is 0 Å². The number of hydrogen-bond donors (Lipinski definition) is 0. The van der Waals surface area contributed by atoms with Gasteiger partial charge in [0.1, 0.15) is 12.1 Å². The maximum absolute atomic E-state index is 8.04. The molecular formula is C5H5N5. The molecule has 0 fully saturated rings. The van der Waals surface area contributed by atoms with Crippen molar-refractivity contribution in [2.75, 3.05) is 0 Å². The first kappa shape index (κ1) is 6.51. The molecule has 0 unspecified atom stereocenters. The lowest BCUT2D eigenvalue weighted by molar-refractivity contribution is 1.11. The fourth-order valence-electron chi connectivity index (χ4n) is 0.540. The highest BCUT2D eigenvalue weighted by Gasteiger charge is 1.92. The number of nitrogens with zero attached hydrogens (tertiary/aromatic N) is 5. The number of aryl methyl sites for hydroxylation is 1. The third kappa shape index (κ3) is 1.21. The second kappa shape index (κ2) is 2.80. The molecule has 10 heavy (non-hydrogen) atoms. The molecule has 0 bridgehead atoms. The summed E-state index contributed by atoms with van der Waals surface area (Å²) in [6, 6.07) is 0. The zero-order valence-corrected chi connectivity index (χ0v) is 5.39. The molecule has 5 nitrogen and oxygen atoms in total. The average Bonchev–Trinajstić information content (AvgIpc) is 1.94. The van der Waals surface area contributed by atoms with Crippen LogP contribution in [0.5, 0.6) is 0 Å². The molecule has 0 aliphatic heterocycles. The van der Waals surface area contributed by atoms with Gasteiger partial charge in [-0.3, -0.25) is 0 Å². The average molecular weight is 135 g/mol. The first-order valence-electron chi connectivity index (χ1n) is 2.66. The third-order valence-electron chi connectivity index (χ3n) is 1.01. The van der Waals surface area contributed by atoms with Crippen LogP contribution in [0.3, 0.4) is 0 Å². The molecule has 0 atom stereocenters. The van der Waals surface area contributed by atoms with Crippen molar-refractivity contribution in [3.63, 3.8) is 0 Å². The molecule has 1 rings (SSSR count). The first-order chi connectivity index (χ1) is 4.84. The summed E-state index contributed by atoms with van der Waals surface area (Å²) in [6.07, 6.45) is 2.94. The molecule has 0 N–H and O–H groups in total. The van der Waals surface area contributed by atoms with Crippen molar-refractivity contribution in [3.05, 3.63) is 28.5 Å². The Labute approximate surface area is 57.4 Å². The Hall–Kier alpha value is -1.61.